The van der Waals surface area contributed by atoms with Gasteiger partial charge in [0.2, 0.25) is 11.5 Å². The van der Waals surface area contributed by atoms with Gasteiger partial charge in [0.15, 0.2) is 24.1 Å². The Balaban J connectivity index is 0.000000913. The first-order chi connectivity index (χ1) is 25.5. The highest BCUT2D eigenvalue weighted by molar-refractivity contribution is 7.91. The number of alkyl halides is 6. The molecule has 2 aromatic carbocycles. The van der Waals surface area contributed by atoms with Gasteiger partial charge in [-0.2, -0.15) is 36.3 Å². The van der Waals surface area contributed by atoms with Crippen molar-refractivity contribution >= 4 is 51.6 Å². The third-order valence-corrected chi connectivity index (χ3v) is 9.86. The monoisotopic (exact) mass is 863 g/mol. The van der Waals surface area contributed by atoms with Gasteiger partial charge in [-0.25, -0.2) is 26.1 Å². The van der Waals surface area contributed by atoms with E-state index in [1.165, 1.54) is 6.07 Å². The van der Waals surface area contributed by atoms with Gasteiger partial charge in [-0.15, -0.1) is 11.3 Å². The number of quaternary nitrogens is 2. The van der Waals surface area contributed by atoms with Gasteiger partial charge >= 0.3 is 20.6 Å². The molecule has 0 radical (unpaired) electrons. The number of hydrogen-bond donors (Lipinski definition) is 3. The quantitative estimate of drug-likeness (QED) is 0.0799. The number of ether oxygens (including phenoxy) is 2. The number of nitrogens with zero attached hydrogens (tertiary/aromatic N) is 1. The second-order valence-electron chi connectivity index (χ2n) is 9.88. The molecule has 0 fully saturated rings. The van der Waals surface area contributed by atoms with Crippen LogP contribution in [0.1, 0.15) is 30.9 Å². The van der Waals surface area contributed by atoms with Crippen molar-refractivity contribution in [1.82, 2.24) is 4.72 Å². The number of nitrogens with one attached hydrogen (secondary N) is 1. The maximum absolute atomic E-state index is 15.8. The Morgan fingerprint density at radius 2 is 1.44 bits per heavy atom. The SMILES string of the molecule is CCc1c(S(=O)(=O)NCO[P+](=O)Oc2ccc(C#N)c(F)c2)sc2c(F)c(OCCC[NH3+])c(OCCC[NH3+])c(F)c12.O=C([O-])C(F)(F)F.O=C([O-])C(F)(F)F. The number of carboxylic acids is 2. The van der Waals surface area contributed by atoms with Crippen molar-refractivity contribution in [3.63, 3.8) is 0 Å². The topological polar surface area (TPSA) is 259 Å². The largest absolute Gasteiger partial charge is 0.751 e. The molecule has 1 aromatic heterocycles. The van der Waals surface area contributed by atoms with Gasteiger partial charge in [-0.05, 0) is 24.1 Å². The standard InChI is InChI=1S/C24H27F3N4O7PS2.2C2HF3O2/c1-2-16-18-19(26)21(35-9-3-7-28)22(36-10-4-8-29)20(27)23(18)40-24(16)41(33,34)31-13-37-39(32)38-15-6-5-14(12-30)17(25)11-15;2*3-2(4,5)1(6)7/h5-6,11,31H,2-4,7-10,13,28-29H2,1H3;2*(H,6,7)/q+1;;. The lowest BCUT2D eigenvalue weighted by atomic mass is 10.1. The van der Waals surface area contributed by atoms with Crippen LogP contribution in [0.25, 0.3) is 10.1 Å². The number of carboxylic acid groups (broad SMARTS) is 2. The number of thiophene rings is 1. The number of aryl methyl sites for hydroxylation is 1. The summed E-state index contributed by atoms with van der Waals surface area (Å²) in [5.41, 5.74) is 7.14. The van der Waals surface area contributed by atoms with Crippen molar-refractivity contribution in [1.29, 1.82) is 5.26 Å². The van der Waals surface area contributed by atoms with Crippen molar-refractivity contribution in [3.8, 4) is 23.3 Å². The number of hydrogen-bond acceptors (Lipinski definition) is 13. The fourth-order valence-corrected chi connectivity index (χ4v) is 7.00. The second kappa shape index (κ2) is 21.5. The maximum Gasteiger partial charge on any atom is 0.751 e. The zero-order chi connectivity index (χ0) is 42.3. The summed E-state index contributed by atoms with van der Waals surface area (Å²) in [4.78, 5) is 17.6. The third-order valence-electron chi connectivity index (χ3n) is 6.00. The summed E-state index contributed by atoms with van der Waals surface area (Å²) in [5, 5.41) is 26.1. The van der Waals surface area contributed by atoms with E-state index in [1.807, 2.05) is 0 Å². The summed E-state index contributed by atoms with van der Waals surface area (Å²) in [6.45, 7) is 1.83. The zero-order valence-corrected chi connectivity index (χ0v) is 30.4. The summed E-state index contributed by atoms with van der Waals surface area (Å²) >= 11 is 0.502. The van der Waals surface area contributed by atoms with Crippen molar-refractivity contribution in [2.24, 2.45) is 0 Å². The normalized spacial score (nSPS) is 11.7. The summed E-state index contributed by atoms with van der Waals surface area (Å²) in [6.07, 6.45) is -9.43. The molecule has 0 aliphatic carbocycles. The minimum atomic E-state index is -5.19. The molecule has 306 valence electrons. The summed E-state index contributed by atoms with van der Waals surface area (Å²) in [5.74, 6) is -9.95. The molecule has 0 bridgehead atoms. The smallest absolute Gasteiger partial charge is 0.542 e. The molecule has 3 rings (SSSR count). The fourth-order valence-electron chi connectivity index (χ4n) is 3.57. The molecule has 1 heterocycles. The number of benzene rings is 2. The average molecular weight is 864 g/mol. The van der Waals surface area contributed by atoms with E-state index >= 15 is 8.78 Å². The molecule has 55 heavy (non-hydrogen) atoms. The Hall–Kier alpha value is -4.51. The predicted molar refractivity (Wildman–Crippen MR) is 165 cm³/mol. The first-order valence-corrected chi connectivity index (χ1v) is 18.2. The van der Waals surface area contributed by atoms with Crippen LogP contribution in [-0.4, -0.2) is 65.7 Å². The van der Waals surface area contributed by atoms with Crippen LogP contribution in [0.15, 0.2) is 22.4 Å². The van der Waals surface area contributed by atoms with Crippen LogP contribution < -0.4 is 40.4 Å². The first kappa shape index (κ1) is 48.5. The van der Waals surface area contributed by atoms with Crippen LogP contribution in [0, 0.1) is 28.8 Å². The number of aliphatic carboxylic acids is 2. The van der Waals surface area contributed by atoms with Gasteiger partial charge in [0.05, 0.1) is 36.6 Å². The molecule has 7 N–H and O–H groups in total. The second-order valence-corrected chi connectivity index (χ2v) is 13.8. The summed E-state index contributed by atoms with van der Waals surface area (Å²) < 4.78 is 169. The first-order valence-electron chi connectivity index (χ1n) is 14.8. The van der Waals surface area contributed by atoms with Crippen LogP contribution in [-0.2, 0) is 35.1 Å². The fraction of sp³-hybridized carbons (Fsp3) is 0.393. The molecule has 0 aliphatic rings. The molecule has 0 saturated carbocycles. The molecule has 0 saturated heterocycles. The van der Waals surface area contributed by atoms with Gasteiger partial charge in [0.1, 0.15) is 28.0 Å². The van der Waals surface area contributed by atoms with Crippen LogP contribution in [0.2, 0.25) is 0 Å². The molecule has 15 nitrogen and oxygen atoms in total. The Bertz CT molecular complexity index is 1950. The Morgan fingerprint density at radius 1 is 0.945 bits per heavy atom. The van der Waals surface area contributed by atoms with Gasteiger partial charge in [-0.3, -0.25) is 0 Å². The molecule has 0 amide bonds. The summed E-state index contributed by atoms with van der Waals surface area (Å²) in [7, 11) is -7.37. The Morgan fingerprint density at radius 3 is 1.85 bits per heavy atom. The average Bonchev–Trinajstić information content (AvgIpc) is 3.49. The molecule has 1 unspecified atom stereocenters. The number of rotatable bonds is 16. The van der Waals surface area contributed by atoms with E-state index in [4.69, 9.17) is 43.6 Å². The molecular formula is C28H29F9N4O11PS2+. The van der Waals surface area contributed by atoms with Crippen molar-refractivity contribution in [2.45, 2.75) is 42.7 Å². The van der Waals surface area contributed by atoms with Crippen molar-refractivity contribution in [2.75, 3.05) is 33.0 Å². The molecular weight excluding hydrogens is 834 g/mol. The Labute approximate surface area is 309 Å². The van der Waals surface area contributed by atoms with E-state index in [2.05, 4.69) is 16.2 Å². The molecule has 0 aliphatic heterocycles. The molecule has 3 aromatic rings. The highest BCUT2D eigenvalue weighted by Crippen LogP contribution is 2.46. The van der Waals surface area contributed by atoms with Gasteiger partial charge < -0.3 is 40.7 Å². The number of carbonyl (C=O) groups excluding carboxylic acids is 2. The lowest BCUT2D eigenvalue weighted by Gasteiger charge is -2.15. The Kier molecular flexibility index (Phi) is 19.0. The van der Waals surface area contributed by atoms with E-state index in [9.17, 15) is 43.7 Å². The van der Waals surface area contributed by atoms with E-state index in [0.717, 1.165) is 12.1 Å². The van der Waals surface area contributed by atoms with Crippen molar-refractivity contribution < 1.29 is 102 Å². The minimum Gasteiger partial charge on any atom is -0.542 e. The highest BCUT2D eigenvalue weighted by Gasteiger charge is 2.33. The number of sulfonamides is 1. The lowest BCUT2D eigenvalue weighted by molar-refractivity contribution is -0.369. The van der Waals surface area contributed by atoms with Crippen LogP contribution in [0.4, 0.5) is 39.5 Å². The minimum absolute atomic E-state index is 0.00825. The highest BCUT2D eigenvalue weighted by atomic mass is 32.2. The predicted octanol–water partition coefficient (Wildman–Crippen LogP) is 1.36. The lowest BCUT2D eigenvalue weighted by Crippen LogP contribution is -2.50. The van der Waals surface area contributed by atoms with E-state index in [-0.39, 0.29) is 50.8 Å². The number of nitriles is 1. The van der Waals surface area contributed by atoms with Crippen LogP contribution in [0.3, 0.4) is 0 Å². The van der Waals surface area contributed by atoms with Crippen molar-refractivity contribution in [3.05, 3.63) is 46.8 Å². The van der Waals surface area contributed by atoms with Gasteiger partial charge in [0.25, 0.3) is 10.0 Å². The van der Waals surface area contributed by atoms with Gasteiger partial charge in [0, 0.05) is 28.9 Å². The van der Waals surface area contributed by atoms with Crippen LogP contribution >= 0.6 is 19.6 Å². The van der Waals surface area contributed by atoms with Gasteiger partial charge in [-0.1, -0.05) is 11.4 Å². The zero-order valence-electron chi connectivity index (χ0n) is 27.9. The third kappa shape index (κ3) is 14.6. The molecule has 1 atom stereocenters. The summed E-state index contributed by atoms with van der Waals surface area (Å²) in [6, 6.07) is 4.74. The number of carbonyl (C=O) groups is 2. The molecule has 27 heteroatoms. The molecule has 0 spiro atoms. The number of halogens is 9. The van der Waals surface area contributed by atoms with E-state index in [0.29, 0.717) is 37.3 Å². The van der Waals surface area contributed by atoms with Crippen LogP contribution in [0.5, 0.6) is 17.2 Å². The van der Waals surface area contributed by atoms with E-state index < -0.39 is 78.3 Å². The maximum atomic E-state index is 15.8. The number of fused-ring (bicyclic) bond motifs is 1. The van der Waals surface area contributed by atoms with E-state index in [1.54, 1.807) is 13.0 Å².